The molecule has 1 aromatic heterocycles. The van der Waals surface area contributed by atoms with Gasteiger partial charge in [-0.3, -0.25) is 0 Å². The number of rotatable bonds is 2. The van der Waals surface area contributed by atoms with Crippen molar-refractivity contribution in [1.29, 1.82) is 0 Å². The summed E-state index contributed by atoms with van der Waals surface area (Å²) < 4.78 is 1.71. The SMILES string of the molecule is CC1=C(C)C(c2ccccc2-c2nnnn2C)C=C1. The Labute approximate surface area is 112 Å². The van der Waals surface area contributed by atoms with Gasteiger partial charge >= 0.3 is 0 Å². The van der Waals surface area contributed by atoms with Gasteiger partial charge in [0.15, 0.2) is 5.82 Å². The highest BCUT2D eigenvalue weighted by Crippen LogP contribution is 2.37. The fourth-order valence-electron chi connectivity index (χ4n) is 2.53. The van der Waals surface area contributed by atoms with Crippen LogP contribution in [0.5, 0.6) is 0 Å². The molecular weight excluding hydrogens is 236 g/mol. The summed E-state index contributed by atoms with van der Waals surface area (Å²) in [5.41, 5.74) is 5.09. The molecule has 19 heavy (non-hydrogen) atoms. The van der Waals surface area contributed by atoms with Gasteiger partial charge in [0.1, 0.15) is 0 Å². The largest absolute Gasteiger partial charge is 0.229 e. The first-order chi connectivity index (χ1) is 9.18. The van der Waals surface area contributed by atoms with Crippen LogP contribution in [0.4, 0.5) is 0 Å². The van der Waals surface area contributed by atoms with Gasteiger partial charge in [0.2, 0.25) is 0 Å². The van der Waals surface area contributed by atoms with Crippen molar-refractivity contribution in [3.63, 3.8) is 0 Å². The zero-order valence-electron chi connectivity index (χ0n) is 11.3. The van der Waals surface area contributed by atoms with Crippen LogP contribution in [-0.4, -0.2) is 20.2 Å². The van der Waals surface area contributed by atoms with Crippen LogP contribution in [0.25, 0.3) is 11.4 Å². The first kappa shape index (κ1) is 11.8. The summed E-state index contributed by atoms with van der Waals surface area (Å²) in [6, 6.07) is 8.33. The molecule has 2 aromatic rings. The van der Waals surface area contributed by atoms with E-state index in [9.17, 15) is 0 Å². The van der Waals surface area contributed by atoms with Gasteiger partial charge in [-0.05, 0) is 29.8 Å². The van der Waals surface area contributed by atoms with Crippen molar-refractivity contribution >= 4 is 0 Å². The maximum atomic E-state index is 4.12. The number of aryl methyl sites for hydroxylation is 1. The van der Waals surface area contributed by atoms with E-state index in [1.807, 2.05) is 13.1 Å². The van der Waals surface area contributed by atoms with E-state index < -0.39 is 0 Å². The molecule has 4 heteroatoms. The fourth-order valence-corrected chi connectivity index (χ4v) is 2.53. The van der Waals surface area contributed by atoms with Crippen LogP contribution < -0.4 is 0 Å². The van der Waals surface area contributed by atoms with Crippen LogP contribution in [0.2, 0.25) is 0 Å². The average Bonchev–Trinajstić information content (AvgIpc) is 2.98. The molecule has 96 valence electrons. The van der Waals surface area contributed by atoms with Gasteiger partial charge < -0.3 is 0 Å². The van der Waals surface area contributed by atoms with Gasteiger partial charge in [-0.1, -0.05) is 47.6 Å². The Balaban J connectivity index is 2.14. The van der Waals surface area contributed by atoms with Crippen LogP contribution in [-0.2, 0) is 7.05 Å². The van der Waals surface area contributed by atoms with E-state index in [-0.39, 0.29) is 0 Å². The van der Waals surface area contributed by atoms with Crippen molar-refractivity contribution in [3.8, 4) is 11.4 Å². The van der Waals surface area contributed by atoms with Crippen molar-refractivity contribution in [2.24, 2.45) is 7.05 Å². The average molecular weight is 252 g/mol. The molecule has 0 spiro atoms. The Hall–Kier alpha value is -2.23. The van der Waals surface area contributed by atoms with Crippen molar-refractivity contribution in [1.82, 2.24) is 20.2 Å². The highest BCUT2D eigenvalue weighted by Gasteiger charge is 2.21. The van der Waals surface area contributed by atoms with E-state index >= 15 is 0 Å². The van der Waals surface area contributed by atoms with E-state index in [2.05, 4.69) is 59.7 Å². The predicted molar refractivity (Wildman–Crippen MR) is 74.5 cm³/mol. The fraction of sp³-hybridized carbons (Fsp3) is 0.267. The lowest BCUT2D eigenvalue weighted by atomic mass is 9.90. The second-order valence-corrected chi connectivity index (χ2v) is 4.92. The molecule has 1 aromatic carbocycles. The molecule has 0 radical (unpaired) electrons. The lowest BCUT2D eigenvalue weighted by Gasteiger charge is -2.15. The predicted octanol–water partition coefficient (Wildman–Crippen LogP) is 2.87. The number of aromatic nitrogens is 4. The number of tetrazole rings is 1. The summed E-state index contributed by atoms with van der Waals surface area (Å²) in [5.74, 6) is 1.13. The number of nitrogens with zero attached hydrogens (tertiary/aromatic N) is 4. The molecule has 0 saturated carbocycles. The number of hydrogen-bond donors (Lipinski definition) is 0. The van der Waals surface area contributed by atoms with Gasteiger partial charge in [-0.2, -0.15) is 0 Å². The van der Waals surface area contributed by atoms with Crippen molar-refractivity contribution < 1.29 is 0 Å². The first-order valence-corrected chi connectivity index (χ1v) is 6.35. The van der Waals surface area contributed by atoms with Gasteiger partial charge in [0.25, 0.3) is 0 Å². The standard InChI is InChI=1S/C15H16N4/c1-10-8-9-12(11(10)2)13-6-4-5-7-14(13)15-16-17-18-19(15)3/h4-9,12H,1-3H3. The highest BCUT2D eigenvalue weighted by atomic mass is 15.5. The summed E-state index contributed by atoms with van der Waals surface area (Å²) >= 11 is 0. The molecular formula is C15H16N4. The van der Waals surface area contributed by atoms with Crippen LogP contribution in [0.1, 0.15) is 25.3 Å². The Bertz CT molecular complexity index is 679. The van der Waals surface area contributed by atoms with E-state index in [1.54, 1.807) is 4.68 Å². The summed E-state index contributed by atoms with van der Waals surface area (Å²) in [4.78, 5) is 0. The molecule has 0 saturated heterocycles. The molecule has 1 aliphatic rings. The van der Waals surface area contributed by atoms with Crippen LogP contribution in [0.3, 0.4) is 0 Å². The molecule has 0 bridgehead atoms. The topological polar surface area (TPSA) is 43.6 Å². The Morgan fingerprint density at radius 2 is 1.95 bits per heavy atom. The molecule has 1 aliphatic carbocycles. The molecule has 1 unspecified atom stereocenters. The van der Waals surface area contributed by atoms with Gasteiger partial charge in [-0.25, -0.2) is 4.68 Å². The summed E-state index contributed by atoms with van der Waals surface area (Å²) in [7, 11) is 1.87. The van der Waals surface area contributed by atoms with Gasteiger partial charge in [0.05, 0.1) is 0 Å². The highest BCUT2D eigenvalue weighted by molar-refractivity contribution is 5.64. The number of hydrogen-bond acceptors (Lipinski definition) is 3. The minimum absolute atomic E-state index is 0.327. The van der Waals surface area contributed by atoms with E-state index in [0.717, 1.165) is 11.4 Å². The maximum Gasteiger partial charge on any atom is 0.182 e. The molecule has 3 rings (SSSR count). The van der Waals surface area contributed by atoms with Crippen molar-refractivity contribution in [2.45, 2.75) is 19.8 Å². The first-order valence-electron chi connectivity index (χ1n) is 6.35. The van der Waals surface area contributed by atoms with E-state index in [4.69, 9.17) is 0 Å². The lowest BCUT2D eigenvalue weighted by Crippen LogP contribution is -2.02. The van der Waals surface area contributed by atoms with Gasteiger partial charge in [-0.15, -0.1) is 5.10 Å². The third kappa shape index (κ3) is 1.89. The summed E-state index contributed by atoms with van der Waals surface area (Å²) in [6.45, 7) is 4.34. The molecule has 0 N–H and O–H groups in total. The summed E-state index contributed by atoms with van der Waals surface area (Å²) in [5, 5.41) is 11.8. The Morgan fingerprint density at radius 1 is 1.16 bits per heavy atom. The van der Waals surface area contributed by atoms with Crippen molar-refractivity contribution in [2.75, 3.05) is 0 Å². The molecule has 4 nitrogen and oxygen atoms in total. The Morgan fingerprint density at radius 3 is 2.58 bits per heavy atom. The lowest BCUT2D eigenvalue weighted by molar-refractivity contribution is 0.714. The van der Waals surface area contributed by atoms with Crippen LogP contribution in [0, 0.1) is 0 Å². The summed E-state index contributed by atoms with van der Waals surface area (Å²) in [6.07, 6.45) is 4.43. The smallest absolute Gasteiger partial charge is 0.182 e. The minimum atomic E-state index is 0.327. The molecule has 0 amide bonds. The number of benzene rings is 1. The van der Waals surface area contributed by atoms with E-state index in [1.165, 1.54) is 16.7 Å². The van der Waals surface area contributed by atoms with Crippen LogP contribution >= 0.6 is 0 Å². The quantitative estimate of drug-likeness (QED) is 0.825. The van der Waals surface area contributed by atoms with Crippen molar-refractivity contribution in [3.05, 3.63) is 53.1 Å². The third-order valence-corrected chi connectivity index (χ3v) is 3.78. The normalized spacial score (nSPS) is 18.4. The zero-order valence-corrected chi connectivity index (χ0v) is 11.3. The second kappa shape index (κ2) is 4.46. The van der Waals surface area contributed by atoms with E-state index in [0.29, 0.717) is 5.92 Å². The zero-order chi connectivity index (χ0) is 13.4. The minimum Gasteiger partial charge on any atom is -0.229 e. The molecule has 0 fully saturated rings. The molecule has 1 atom stereocenters. The third-order valence-electron chi connectivity index (χ3n) is 3.78. The number of allylic oxidation sites excluding steroid dienone is 4. The van der Waals surface area contributed by atoms with Gasteiger partial charge in [0, 0.05) is 18.5 Å². The Kier molecular flexibility index (Phi) is 2.78. The second-order valence-electron chi connectivity index (χ2n) is 4.92. The van der Waals surface area contributed by atoms with Crippen LogP contribution in [0.15, 0.2) is 47.6 Å². The molecule has 1 heterocycles. The monoisotopic (exact) mass is 252 g/mol. The maximum absolute atomic E-state index is 4.12. The molecule has 0 aliphatic heterocycles.